The summed E-state index contributed by atoms with van der Waals surface area (Å²) in [6.07, 6.45) is 0.442. The van der Waals surface area contributed by atoms with Crippen LogP contribution in [0.15, 0.2) is 18.2 Å². The Bertz CT molecular complexity index is 479. The minimum absolute atomic E-state index is 0.192. The molecule has 2 rings (SSSR count). The fourth-order valence-electron chi connectivity index (χ4n) is 2.07. The highest BCUT2D eigenvalue weighted by atomic mass is 16.4. The van der Waals surface area contributed by atoms with Crippen LogP contribution in [-0.4, -0.2) is 17.0 Å². The maximum Gasteiger partial charge on any atom is 0.307 e. The zero-order valence-electron chi connectivity index (χ0n) is 10.1. The van der Waals surface area contributed by atoms with Crippen LogP contribution in [0.1, 0.15) is 17.5 Å². The van der Waals surface area contributed by atoms with Crippen LogP contribution < -0.4 is 11.1 Å². The molecule has 4 N–H and O–H groups in total. The molecule has 1 aromatic carbocycles. The average Bonchev–Trinajstić information content (AvgIpc) is 3.04. The number of hydrogen-bond acceptors (Lipinski definition) is 3. The summed E-state index contributed by atoms with van der Waals surface area (Å²) in [5, 5.41) is 11.5. The number of aliphatic carboxylic acids is 1. The van der Waals surface area contributed by atoms with Crippen molar-refractivity contribution in [3.05, 3.63) is 29.3 Å². The standard InChI is InChI=1S/C13H16N2O3/c1-7-2-8(4-9(14)3-7)6-15-12(16)10-5-11(10)13(17)18/h2-4,10-11H,5-6,14H2,1H3,(H,15,16)(H,17,18)/t10-,11-/m1/s1. The van der Waals surface area contributed by atoms with E-state index in [1.165, 1.54) is 0 Å². The molecule has 0 radical (unpaired) electrons. The first-order valence-corrected chi connectivity index (χ1v) is 5.84. The third-order valence-electron chi connectivity index (χ3n) is 3.07. The lowest BCUT2D eigenvalue weighted by Crippen LogP contribution is -2.26. The highest BCUT2D eigenvalue weighted by molar-refractivity contribution is 5.89. The minimum Gasteiger partial charge on any atom is -0.481 e. The van der Waals surface area contributed by atoms with Crippen molar-refractivity contribution in [1.82, 2.24) is 5.32 Å². The number of carboxylic acids is 1. The van der Waals surface area contributed by atoms with E-state index in [0.29, 0.717) is 18.7 Å². The Labute approximate surface area is 105 Å². The Morgan fingerprint density at radius 2 is 2.11 bits per heavy atom. The molecule has 0 spiro atoms. The van der Waals surface area contributed by atoms with E-state index in [4.69, 9.17) is 10.8 Å². The van der Waals surface area contributed by atoms with Crippen molar-refractivity contribution in [3.8, 4) is 0 Å². The number of aryl methyl sites for hydroxylation is 1. The van der Waals surface area contributed by atoms with Crippen LogP contribution in [0.3, 0.4) is 0 Å². The molecule has 5 nitrogen and oxygen atoms in total. The van der Waals surface area contributed by atoms with E-state index >= 15 is 0 Å². The molecule has 0 aromatic heterocycles. The first kappa shape index (κ1) is 12.4. The van der Waals surface area contributed by atoms with Gasteiger partial charge in [0.2, 0.25) is 5.91 Å². The highest BCUT2D eigenvalue weighted by Crippen LogP contribution is 2.38. The number of hydrogen-bond donors (Lipinski definition) is 3. The van der Waals surface area contributed by atoms with Gasteiger partial charge in [0.1, 0.15) is 0 Å². The molecule has 1 saturated carbocycles. The Kier molecular flexibility index (Phi) is 3.23. The molecule has 1 aliphatic rings. The smallest absolute Gasteiger partial charge is 0.307 e. The number of nitrogens with one attached hydrogen (secondary N) is 1. The molecule has 1 amide bonds. The second-order valence-corrected chi connectivity index (χ2v) is 4.76. The molecular weight excluding hydrogens is 232 g/mol. The second-order valence-electron chi connectivity index (χ2n) is 4.76. The molecular formula is C13H16N2O3. The maximum absolute atomic E-state index is 11.7. The zero-order valence-corrected chi connectivity index (χ0v) is 10.1. The number of carboxylic acid groups (broad SMARTS) is 1. The highest BCUT2D eigenvalue weighted by Gasteiger charge is 2.48. The molecule has 0 heterocycles. The van der Waals surface area contributed by atoms with Crippen LogP contribution in [0.5, 0.6) is 0 Å². The number of carbonyl (C=O) groups is 2. The normalized spacial score (nSPS) is 21.4. The molecule has 1 aliphatic carbocycles. The summed E-state index contributed by atoms with van der Waals surface area (Å²) in [6, 6.07) is 5.60. The summed E-state index contributed by atoms with van der Waals surface area (Å²) in [6.45, 7) is 2.32. The van der Waals surface area contributed by atoms with Crippen LogP contribution in [0, 0.1) is 18.8 Å². The predicted octanol–water partition coefficient (Wildman–Crippen LogP) is 0.914. The zero-order chi connectivity index (χ0) is 13.3. The van der Waals surface area contributed by atoms with Gasteiger partial charge in [0.25, 0.3) is 0 Å². The molecule has 2 atom stereocenters. The van der Waals surface area contributed by atoms with E-state index in [1.807, 2.05) is 19.1 Å². The van der Waals surface area contributed by atoms with Gasteiger partial charge in [-0.1, -0.05) is 6.07 Å². The molecule has 1 aromatic rings. The third kappa shape index (κ3) is 2.80. The maximum atomic E-state index is 11.7. The Hall–Kier alpha value is -2.04. The van der Waals surface area contributed by atoms with Gasteiger partial charge in [-0.2, -0.15) is 0 Å². The monoisotopic (exact) mass is 248 g/mol. The third-order valence-corrected chi connectivity index (χ3v) is 3.07. The fourth-order valence-corrected chi connectivity index (χ4v) is 2.07. The summed E-state index contributed by atoms with van der Waals surface area (Å²) in [7, 11) is 0. The van der Waals surface area contributed by atoms with Crippen molar-refractivity contribution in [2.24, 2.45) is 11.8 Å². The lowest BCUT2D eigenvalue weighted by atomic mass is 10.1. The number of amides is 1. The van der Waals surface area contributed by atoms with Gasteiger partial charge in [-0.15, -0.1) is 0 Å². The largest absolute Gasteiger partial charge is 0.481 e. The molecule has 0 unspecified atom stereocenters. The Morgan fingerprint density at radius 3 is 2.67 bits per heavy atom. The second kappa shape index (κ2) is 4.68. The Morgan fingerprint density at radius 1 is 1.39 bits per heavy atom. The molecule has 5 heteroatoms. The lowest BCUT2D eigenvalue weighted by molar-refractivity contribution is -0.140. The minimum atomic E-state index is -0.894. The van der Waals surface area contributed by atoms with Gasteiger partial charge in [-0.05, 0) is 36.6 Å². The van der Waals surface area contributed by atoms with Crippen molar-refractivity contribution in [2.45, 2.75) is 19.9 Å². The van der Waals surface area contributed by atoms with Gasteiger partial charge < -0.3 is 16.2 Å². The number of nitrogens with two attached hydrogens (primary N) is 1. The molecule has 0 saturated heterocycles. The van der Waals surface area contributed by atoms with E-state index < -0.39 is 11.9 Å². The Balaban J connectivity index is 1.88. The van der Waals surface area contributed by atoms with Gasteiger partial charge in [-0.25, -0.2) is 0 Å². The topological polar surface area (TPSA) is 92.4 Å². The van der Waals surface area contributed by atoms with E-state index in [1.54, 1.807) is 6.07 Å². The average molecular weight is 248 g/mol. The van der Waals surface area contributed by atoms with Crippen molar-refractivity contribution in [1.29, 1.82) is 0 Å². The fraction of sp³-hybridized carbons (Fsp3) is 0.385. The number of anilines is 1. The lowest BCUT2D eigenvalue weighted by Gasteiger charge is -2.07. The van der Waals surface area contributed by atoms with E-state index in [0.717, 1.165) is 11.1 Å². The quantitative estimate of drug-likeness (QED) is 0.691. The summed E-state index contributed by atoms with van der Waals surface area (Å²) < 4.78 is 0. The summed E-state index contributed by atoms with van der Waals surface area (Å²) in [5.41, 5.74) is 8.33. The van der Waals surface area contributed by atoms with Gasteiger partial charge in [0, 0.05) is 12.2 Å². The van der Waals surface area contributed by atoms with Crippen molar-refractivity contribution >= 4 is 17.6 Å². The van der Waals surface area contributed by atoms with Gasteiger partial charge in [-0.3, -0.25) is 9.59 Å². The predicted molar refractivity (Wildman–Crippen MR) is 66.7 cm³/mol. The van der Waals surface area contributed by atoms with Crippen LogP contribution in [0.4, 0.5) is 5.69 Å². The molecule has 1 fully saturated rings. The molecule has 0 bridgehead atoms. The van der Waals surface area contributed by atoms with Crippen molar-refractivity contribution < 1.29 is 14.7 Å². The van der Waals surface area contributed by atoms with E-state index in [9.17, 15) is 9.59 Å². The summed E-state index contributed by atoms with van der Waals surface area (Å²) in [4.78, 5) is 22.3. The van der Waals surface area contributed by atoms with Gasteiger partial charge in [0.15, 0.2) is 0 Å². The first-order chi connectivity index (χ1) is 8.47. The van der Waals surface area contributed by atoms with Crippen molar-refractivity contribution in [2.75, 3.05) is 5.73 Å². The SMILES string of the molecule is Cc1cc(N)cc(CNC(=O)[C@@H]2C[C@H]2C(=O)O)c1. The van der Waals surface area contributed by atoms with Crippen LogP contribution in [-0.2, 0) is 16.1 Å². The number of benzene rings is 1. The van der Waals surface area contributed by atoms with E-state index in [-0.39, 0.29) is 11.8 Å². The number of carbonyl (C=O) groups excluding carboxylic acids is 1. The summed E-state index contributed by atoms with van der Waals surface area (Å²) in [5.74, 6) is -1.96. The van der Waals surface area contributed by atoms with E-state index in [2.05, 4.69) is 5.32 Å². The molecule has 0 aliphatic heterocycles. The van der Waals surface area contributed by atoms with Crippen molar-refractivity contribution in [3.63, 3.8) is 0 Å². The number of rotatable bonds is 4. The van der Waals surface area contributed by atoms with Crippen LogP contribution in [0.2, 0.25) is 0 Å². The van der Waals surface area contributed by atoms with Crippen LogP contribution in [0.25, 0.3) is 0 Å². The molecule has 96 valence electrons. The molecule has 18 heavy (non-hydrogen) atoms. The van der Waals surface area contributed by atoms with Crippen LogP contribution >= 0.6 is 0 Å². The first-order valence-electron chi connectivity index (χ1n) is 5.84. The van der Waals surface area contributed by atoms with Gasteiger partial charge >= 0.3 is 5.97 Å². The van der Waals surface area contributed by atoms with Gasteiger partial charge in [0.05, 0.1) is 11.8 Å². The number of nitrogen functional groups attached to an aromatic ring is 1. The summed E-state index contributed by atoms with van der Waals surface area (Å²) >= 11 is 0.